The Balaban J connectivity index is 0.00000200. The third-order valence-corrected chi connectivity index (χ3v) is 5.56. The third kappa shape index (κ3) is 5.38. The zero-order valence-electron chi connectivity index (χ0n) is 12.3. The Labute approximate surface area is 139 Å². The van der Waals surface area contributed by atoms with Crippen LogP contribution in [0.4, 0.5) is 0 Å². The predicted octanol–water partition coefficient (Wildman–Crippen LogP) is 1.54. The average molecular weight is 415 g/mol. The van der Waals surface area contributed by atoms with E-state index in [1.807, 2.05) is 6.92 Å². The van der Waals surface area contributed by atoms with Crippen molar-refractivity contribution >= 4 is 39.8 Å². The second-order valence-electron chi connectivity index (χ2n) is 5.60. The Morgan fingerprint density at radius 2 is 2.05 bits per heavy atom. The smallest absolute Gasteiger partial charge is 0.191 e. The summed E-state index contributed by atoms with van der Waals surface area (Å²) in [6, 6.07) is 0.543. The Morgan fingerprint density at radius 3 is 2.60 bits per heavy atom. The highest BCUT2D eigenvalue weighted by molar-refractivity contribution is 14.0. The van der Waals surface area contributed by atoms with Crippen LogP contribution in [0, 0.1) is 5.92 Å². The van der Waals surface area contributed by atoms with E-state index in [1.54, 1.807) is 0 Å². The van der Waals surface area contributed by atoms with Crippen LogP contribution in [0.1, 0.15) is 39.5 Å². The second-order valence-corrected chi connectivity index (χ2v) is 7.83. The van der Waals surface area contributed by atoms with E-state index in [0.717, 1.165) is 11.9 Å². The summed E-state index contributed by atoms with van der Waals surface area (Å²) in [4.78, 5) is 4.41. The molecule has 118 valence electrons. The molecule has 2 N–H and O–H groups in total. The normalized spacial score (nSPS) is 31.5. The van der Waals surface area contributed by atoms with Crippen LogP contribution in [0.25, 0.3) is 0 Å². The molecule has 1 aliphatic carbocycles. The van der Waals surface area contributed by atoms with E-state index in [9.17, 15) is 8.42 Å². The topological polar surface area (TPSA) is 70.6 Å². The summed E-state index contributed by atoms with van der Waals surface area (Å²) < 4.78 is 22.9. The average Bonchev–Trinajstić information content (AvgIpc) is 2.95. The van der Waals surface area contributed by atoms with E-state index in [4.69, 9.17) is 0 Å². The van der Waals surface area contributed by atoms with Crippen LogP contribution in [0.15, 0.2) is 4.99 Å². The fourth-order valence-corrected chi connectivity index (χ4v) is 4.36. The van der Waals surface area contributed by atoms with Gasteiger partial charge in [-0.25, -0.2) is 8.42 Å². The summed E-state index contributed by atoms with van der Waals surface area (Å²) >= 11 is 0. The fraction of sp³-hybridized carbons (Fsp3) is 0.923. The minimum absolute atomic E-state index is 0. The maximum atomic E-state index is 11.5. The van der Waals surface area contributed by atoms with Crippen molar-refractivity contribution in [2.24, 2.45) is 10.9 Å². The lowest BCUT2D eigenvalue weighted by atomic mass is 10.2. The first-order valence-corrected chi connectivity index (χ1v) is 9.14. The van der Waals surface area contributed by atoms with Crippen molar-refractivity contribution in [1.29, 1.82) is 0 Å². The summed E-state index contributed by atoms with van der Waals surface area (Å²) in [7, 11) is -2.83. The molecule has 2 fully saturated rings. The lowest BCUT2D eigenvalue weighted by molar-refractivity contribution is 0.598. The van der Waals surface area contributed by atoms with Gasteiger partial charge >= 0.3 is 0 Å². The van der Waals surface area contributed by atoms with Gasteiger partial charge in [-0.15, -0.1) is 24.0 Å². The van der Waals surface area contributed by atoms with Crippen LogP contribution in [0.3, 0.4) is 0 Å². The number of hydrogen-bond donors (Lipinski definition) is 2. The second kappa shape index (κ2) is 7.82. The van der Waals surface area contributed by atoms with Crippen LogP contribution in [0.5, 0.6) is 0 Å². The number of guanidine groups is 1. The predicted molar refractivity (Wildman–Crippen MR) is 93.5 cm³/mol. The molecule has 0 spiro atoms. The van der Waals surface area contributed by atoms with Gasteiger partial charge in [0, 0.05) is 18.6 Å². The lowest BCUT2D eigenvalue weighted by Gasteiger charge is -2.16. The monoisotopic (exact) mass is 415 g/mol. The van der Waals surface area contributed by atoms with Crippen molar-refractivity contribution in [2.45, 2.75) is 51.6 Å². The van der Waals surface area contributed by atoms with Crippen LogP contribution in [-0.4, -0.2) is 44.5 Å². The summed E-state index contributed by atoms with van der Waals surface area (Å²) in [5, 5.41) is 6.69. The number of nitrogens with one attached hydrogen (secondary N) is 2. The van der Waals surface area contributed by atoms with Gasteiger partial charge in [0.05, 0.1) is 11.5 Å². The molecule has 2 aliphatic rings. The van der Waals surface area contributed by atoms with E-state index in [1.165, 1.54) is 19.3 Å². The van der Waals surface area contributed by atoms with Gasteiger partial charge in [-0.1, -0.05) is 13.3 Å². The minimum Gasteiger partial charge on any atom is -0.353 e. The molecule has 1 saturated carbocycles. The van der Waals surface area contributed by atoms with Gasteiger partial charge in [0.15, 0.2) is 15.8 Å². The van der Waals surface area contributed by atoms with Gasteiger partial charge in [-0.3, -0.25) is 4.99 Å². The Bertz CT molecular complexity index is 439. The molecule has 0 bridgehead atoms. The fourth-order valence-electron chi connectivity index (χ4n) is 2.68. The SMILES string of the molecule is CCCC1CC1NC(=NCC)NC1CCS(=O)(=O)C1.I. The quantitative estimate of drug-likeness (QED) is 0.406. The highest BCUT2D eigenvalue weighted by Gasteiger charge is 2.37. The zero-order chi connectivity index (χ0) is 13.9. The Morgan fingerprint density at radius 1 is 1.30 bits per heavy atom. The van der Waals surface area contributed by atoms with Crippen molar-refractivity contribution in [3.8, 4) is 0 Å². The molecule has 0 aromatic carbocycles. The van der Waals surface area contributed by atoms with Gasteiger partial charge in [-0.05, 0) is 32.1 Å². The van der Waals surface area contributed by atoms with Crippen molar-refractivity contribution in [3.05, 3.63) is 0 Å². The van der Waals surface area contributed by atoms with E-state index in [0.29, 0.717) is 24.8 Å². The first-order chi connectivity index (χ1) is 9.04. The van der Waals surface area contributed by atoms with E-state index in [2.05, 4.69) is 22.5 Å². The number of hydrogen-bond acceptors (Lipinski definition) is 3. The molecule has 3 atom stereocenters. The molecule has 3 unspecified atom stereocenters. The Kier molecular flexibility index (Phi) is 7.03. The molecule has 1 heterocycles. The Hall–Kier alpha value is -0.0500. The molecular weight excluding hydrogens is 389 g/mol. The molecule has 1 saturated heterocycles. The number of aliphatic imine (C=N–C) groups is 1. The van der Waals surface area contributed by atoms with E-state index < -0.39 is 9.84 Å². The molecule has 1 aliphatic heterocycles. The highest BCUT2D eigenvalue weighted by atomic mass is 127. The lowest BCUT2D eigenvalue weighted by Crippen LogP contribution is -2.45. The van der Waals surface area contributed by atoms with E-state index in [-0.39, 0.29) is 35.8 Å². The van der Waals surface area contributed by atoms with Crippen molar-refractivity contribution in [2.75, 3.05) is 18.1 Å². The standard InChI is InChI=1S/C13H25N3O2S.HI/c1-3-5-10-8-12(10)16-13(14-4-2)15-11-6-7-19(17,18)9-11;/h10-12H,3-9H2,1-2H3,(H2,14,15,16);1H. The van der Waals surface area contributed by atoms with Crippen LogP contribution in [-0.2, 0) is 9.84 Å². The summed E-state index contributed by atoms with van der Waals surface area (Å²) in [5.74, 6) is 2.08. The maximum Gasteiger partial charge on any atom is 0.191 e. The molecule has 2 rings (SSSR count). The summed E-state index contributed by atoms with van der Waals surface area (Å²) in [5.41, 5.74) is 0. The first kappa shape index (κ1) is 18.0. The number of rotatable bonds is 5. The molecule has 0 aromatic heterocycles. The van der Waals surface area contributed by atoms with Crippen molar-refractivity contribution in [1.82, 2.24) is 10.6 Å². The maximum absolute atomic E-state index is 11.5. The summed E-state index contributed by atoms with van der Waals surface area (Å²) in [6.07, 6.45) is 4.38. The van der Waals surface area contributed by atoms with Gasteiger partial charge in [0.25, 0.3) is 0 Å². The largest absolute Gasteiger partial charge is 0.353 e. The van der Waals surface area contributed by atoms with E-state index >= 15 is 0 Å². The molecule has 5 nitrogen and oxygen atoms in total. The highest BCUT2D eigenvalue weighted by Crippen LogP contribution is 2.34. The third-order valence-electron chi connectivity index (χ3n) is 3.79. The number of nitrogens with zero attached hydrogens (tertiary/aromatic N) is 1. The molecule has 0 aromatic rings. The zero-order valence-corrected chi connectivity index (χ0v) is 15.4. The van der Waals surface area contributed by atoms with Gasteiger partial charge in [-0.2, -0.15) is 0 Å². The molecule has 7 heteroatoms. The molecular formula is C13H26IN3O2S. The van der Waals surface area contributed by atoms with Gasteiger partial charge in [0.2, 0.25) is 0 Å². The van der Waals surface area contributed by atoms with Gasteiger partial charge < -0.3 is 10.6 Å². The van der Waals surface area contributed by atoms with Crippen LogP contribution >= 0.6 is 24.0 Å². The van der Waals surface area contributed by atoms with Crippen LogP contribution < -0.4 is 10.6 Å². The van der Waals surface area contributed by atoms with Crippen LogP contribution in [0.2, 0.25) is 0 Å². The molecule has 20 heavy (non-hydrogen) atoms. The van der Waals surface area contributed by atoms with Gasteiger partial charge in [0.1, 0.15) is 0 Å². The molecule has 0 radical (unpaired) electrons. The minimum atomic E-state index is -2.83. The number of halogens is 1. The van der Waals surface area contributed by atoms with Crippen molar-refractivity contribution < 1.29 is 8.42 Å². The van der Waals surface area contributed by atoms with Crippen molar-refractivity contribution in [3.63, 3.8) is 0 Å². The number of sulfone groups is 1. The first-order valence-electron chi connectivity index (χ1n) is 7.32. The molecule has 0 amide bonds. The summed E-state index contributed by atoms with van der Waals surface area (Å²) in [6.45, 7) is 4.91.